The van der Waals surface area contributed by atoms with Crippen molar-refractivity contribution in [3.63, 3.8) is 0 Å². The van der Waals surface area contributed by atoms with Gasteiger partial charge in [0.2, 0.25) is 5.78 Å². The maximum absolute atomic E-state index is 12.5. The Hall–Kier alpha value is -1.85. The second-order valence-corrected chi connectivity index (χ2v) is 6.15. The largest absolute Gasteiger partial charge is 0.506 e. The van der Waals surface area contributed by atoms with Crippen LogP contribution in [0.15, 0.2) is 50.8 Å². The molecule has 0 unspecified atom stereocenters. The summed E-state index contributed by atoms with van der Waals surface area (Å²) in [4.78, 5) is 17.4. The molecule has 3 rings (SSSR count). The van der Waals surface area contributed by atoms with Crippen LogP contribution < -0.4 is 4.74 Å². The van der Waals surface area contributed by atoms with Gasteiger partial charge in [-0.05, 0) is 25.1 Å². The molecule has 1 aromatic heterocycles. The Balaban J connectivity index is 2.00. The highest BCUT2D eigenvalue weighted by molar-refractivity contribution is 7.16. The Morgan fingerprint density at radius 3 is 2.90 bits per heavy atom. The minimum absolute atomic E-state index is 0.158. The van der Waals surface area contributed by atoms with E-state index in [9.17, 15) is 9.90 Å². The SMILES string of the molecule is COc1ccc(C(=O)C2=C(O)C(Cl)=C3C=C(C)N=C3C2)s1. The number of aliphatic hydroxyl groups is 1. The van der Waals surface area contributed by atoms with Gasteiger partial charge in [0.25, 0.3) is 0 Å². The van der Waals surface area contributed by atoms with Crippen molar-refractivity contribution in [2.45, 2.75) is 13.3 Å². The van der Waals surface area contributed by atoms with Gasteiger partial charge in [-0.1, -0.05) is 22.9 Å². The first-order valence-corrected chi connectivity index (χ1v) is 7.47. The van der Waals surface area contributed by atoms with Crippen LogP contribution >= 0.6 is 22.9 Å². The molecule has 2 heterocycles. The van der Waals surface area contributed by atoms with Gasteiger partial charge in [0.05, 0.1) is 28.3 Å². The number of aliphatic imine (C=N–C) groups is 1. The average molecular weight is 322 g/mol. The second kappa shape index (κ2) is 5.16. The number of allylic oxidation sites excluding steroid dienone is 5. The van der Waals surface area contributed by atoms with Crippen molar-refractivity contribution in [1.82, 2.24) is 0 Å². The second-order valence-electron chi connectivity index (χ2n) is 4.73. The zero-order chi connectivity index (χ0) is 15.1. The van der Waals surface area contributed by atoms with E-state index in [1.807, 2.05) is 13.0 Å². The van der Waals surface area contributed by atoms with Gasteiger partial charge in [-0.25, -0.2) is 0 Å². The van der Waals surface area contributed by atoms with E-state index < -0.39 is 0 Å². The van der Waals surface area contributed by atoms with Crippen LogP contribution in [0.5, 0.6) is 5.06 Å². The summed E-state index contributed by atoms with van der Waals surface area (Å²) in [7, 11) is 1.55. The summed E-state index contributed by atoms with van der Waals surface area (Å²) in [5, 5.41) is 11.1. The normalized spacial score (nSPS) is 17.7. The van der Waals surface area contributed by atoms with Crippen LogP contribution in [-0.2, 0) is 0 Å². The number of ether oxygens (including phenoxy) is 1. The van der Waals surface area contributed by atoms with Crippen LogP contribution in [-0.4, -0.2) is 23.7 Å². The standard InChI is InChI=1S/C15H12ClNO3S/c1-7-5-8-10(17-7)6-9(15(19)13(8)16)14(18)11-3-4-12(20-2)21-11/h3-5,19H,6H2,1-2H3. The summed E-state index contributed by atoms with van der Waals surface area (Å²) < 4.78 is 5.08. The molecule has 0 fully saturated rings. The molecule has 0 amide bonds. The van der Waals surface area contributed by atoms with E-state index in [4.69, 9.17) is 16.3 Å². The smallest absolute Gasteiger partial charge is 0.203 e. The fourth-order valence-electron chi connectivity index (χ4n) is 2.32. The first kappa shape index (κ1) is 14.1. The molecule has 0 saturated carbocycles. The average Bonchev–Trinajstić information content (AvgIpc) is 3.08. The van der Waals surface area contributed by atoms with Gasteiger partial charge in [-0.15, -0.1) is 0 Å². The highest BCUT2D eigenvalue weighted by atomic mass is 35.5. The van der Waals surface area contributed by atoms with E-state index in [0.29, 0.717) is 15.5 Å². The Labute approximate surface area is 130 Å². The third kappa shape index (κ3) is 2.32. The first-order valence-electron chi connectivity index (χ1n) is 6.28. The molecule has 1 aliphatic carbocycles. The maximum atomic E-state index is 12.5. The first-order chi connectivity index (χ1) is 10.0. The van der Waals surface area contributed by atoms with Gasteiger partial charge in [0.15, 0.2) is 5.06 Å². The maximum Gasteiger partial charge on any atom is 0.203 e. The third-order valence-corrected chi connectivity index (χ3v) is 4.76. The zero-order valence-corrected chi connectivity index (χ0v) is 13.0. The Bertz CT molecular complexity index is 768. The number of fused-ring (bicyclic) bond motifs is 1. The van der Waals surface area contributed by atoms with Crippen molar-refractivity contribution in [2.24, 2.45) is 4.99 Å². The predicted octanol–water partition coefficient (Wildman–Crippen LogP) is 4.01. The fourth-order valence-corrected chi connectivity index (χ4v) is 3.39. The number of methoxy groups -OCH3 is 1. The number of rotatable bonds is 3. The molecule has 6 heteroatoms. The lowest BCUT2D eigenvalue weighted by atomic mass is 9.92. The van der Waals surface area contributed by atoms with Crippen LogP contribution in [0.25, 0.3) is 0 Å². The van der Waals surface area contributed by atoms with E-state index in [1.165, 1.54) is 11.3 Å². The van der Waals surface area contributed by atoms with Crippen LogP contribution in [0.1, 0.15) is 23.0 Å². The summed E-state index contributed by atoms with van der Waals surface area (Å²) >= 11 is 7.40. The number of hydrogen-bond acceptors (Lipinski definition) is 5. The van der Waals surface area contributed by atoms with Crippen LogP contribution in [0.4, 0.5) is 0 Å². The number of nitrogens with zero attached hydrogens (tertiary/aromatic N) is 1. The lowest BCUT2D eigenvalue weighted by Gasteiger charge is -2.16. The molecular weight excluding hydrogens is 310 g/mol. The van der Waals surface area contributed by atoms with Crippen LogP contribution in [0, 0.1) is 0 Å². The predicted molar refractivity (Wildman–Crippen MR) is 83.5 cm³/mol. The summed E-state index contributed by atoms with van der Waals surface area (Å²) in [5.41, 5.74) is 2.52. The van der Waals surface area contributed by atoms with Crippen molar-refractivity contribution >= 4 is 34.4 Å². The van der Waals surface area contributed by atoms with Gasteiger partial charge in [-0.3, -0.25) is 9.79 Å². The highest BCUT2D eigenvalue weighted by Crippen LogP contribution is 2.37. The zero-order valence-electron chi connectivity index (χ0n) is 11.4. The summed E-state index contributed by atoms with van der Waals surface area (Å²) in [6, 6.07) is 3.40. The van der Waals surface area contributed by atoms with E-state index >= 15 is 0 Å². The molecule has 0 radical (unpaired) electrons. The molecule has 0 atom stereocenters. The molecule has 0 spiro atoms. The number of hydrogen-bond donors (Lipinski definition) is 1. The van der Waals surface area contributed by atoms with Gasteiger partial charge in [-0.2, -0.15) is 0 Å². The molecule has 108 valence electrons. The molecule has 2 aliphatic rings. The lowest BCUT2D eigenvalue weighted by Crippen LogP contribution is -2.16. The number of halogens is 1. The summed E-state index contributed by atoms with van der Waals surface area (Å²) in [6.07, 6.45) is 2.09. The molecular formula is C15H12ClNO3S. The van der Waals surface area contributed by atoms with Crippen molar-refractivity contribution in [2.75, 3.05) is 7.11 Å². The van der Waals surface area contributed by atoms with E-state index in [1.54, 1.807) is 19.2 Å². The molecule has 21 heavy (non-hydrogen) atoms. The van der Waals surface area contributed by atoms with Crippen molar-refractivity contribution in [3.05, 3.63) is 50.7 Å². The third-order valence-electron chi connectivity index (χ3n) is 3.33. The van der Waals surface area contributed by atoms with Crippen LogP contribution in [0.2, 0.25) is 0 Å². The van der Waals surface area contributed by atoms with Crippen molar-refractivity contribution in [1.29, 1.82) is 0 Å². The van der Waals surface area contributed by atoms with Crippen molar-refractivity contribution in [3.8, 4) is 5.06 Å². The van der Waals surface area contributed by atoms with Crippen LogP contribution in [0.3, 0.4) is 0 Å². The lowest BCUT2D eigenvalue weighted by molar-refractivity contribution is 0.103. The highest BCUT2D eigenvalue weighted by Gasteiger charge is 2.31. The van der Waals surface area contributed by atoms with E-state index in [-0.39, 0.29) is 28.6 Å². The minimum Gasteiger partial charge on any atom is -0.506 e. The number of thiophene rings is 1. The number of carbonyl (C=O) groups is 1. The Kier molecular flexibility index (Phi) is 3.47. The number of aliphatic hydroxyl groups excluding tert-OH is 1. The fraction of sp³-hybridized carbons (Fsp3) is 0.200. The Morgan fingerprint density at radius 2 is 2.24 bits per heavy atom. The van der Waals surface area contributed by atoms with Crippen molar-refractivity contribution < 1.29 is 14.6 Å². The molecule has 1 aromatic rings. The number of carbonyl (C=O) groups excluding carboxylic acids is 1. The topological polar surface area (TPSA) is 58.9 Å². The number of ketones is 1. The minimum atomic E-state index is -0.245. The van der Waals surface area contributed by atoms with E-state index in [2.05, 4.69) is 4.99 Å². The quantitative estimate of drug-likeness (QED) is 0.856. The Morgan fingerprint density at radius 1 is 1.48 bits per heavy atom. The molecule has 0 saturated heterocycles. The van der Waals surface area contributed by atoms with Gasteiger partial charge in [0, 0.05) is 17.7 Å². The van der Waals surface area contributed by atoms with E-state index in [0.717, 1.165) is 11.4 Å². The summed E-state index contributed by atoms with van der Waals surface area (Å²) in [6.45, 7) is 1.85. The van der Waals surface area contributed by atoms with Gasteiger partial charge < -0.3 is 9.84 Å². The molecule has 1 N–H and O–H groups in total. The van der Waals surface area contributed by atoms with Gasteiger partial charge >= 0.3 is 0 Å². The molecule has 4 nitrogen and oxygen atoms in total. The molecule has 1 aliphatic heterocycles. The summed E-state index contributed by atoms with van der Waals surface area (Å²) in [5.74, 6) is -0.404. The number of Topliss-reactive ketones (excluding diaryl/α,β-unsaturated/α-hetero) is 1. The van der Waals surface area contributed by atoms with Gasteiger partial charge in [0.1, 0.15) is 5.76 Å². The molecule has 0 aromatic carbocycles. The molecule has 0 bridgehead atoms. The monoisotopic (exact) mass is 321 g/mol.